The smallest absolute Gasteiger partial charge is 0.0614 e. The van der Waals surface area contributed by atoms with E-state index in [1.54, 1.807) is 0 Å². The number of hydrogen-bond donors (Lipinski definition) is 1. The highest BCUT2D eigenvalue weighted by Gasteiger charge is 2.27. The molecule has 0 rings (SSSR count). The van der Waals surface area contributed by atoms with Crippen molar-refractivity contribution < 1.29 is 5.11 Å². The van der Waals surface area contributed by atoms with Crippen LogP contribution >= 0.6 is 0 Å². The van der Waals surface area contributed by atoms with Crippen LogP contribution in [0.25, 0.3) is 0 Å². The second kappa shape index (κ2) is 4.27. The zero-order chi connectivity index (χ0) is 9.94. The van der Waals surface area contributed by atoms with Gasteiger partial charge in [0, 0.05) is 0 Å². The van der Waals surface area contributed by atoms with Crippen LogP contribution in [0.15, 0.2) is 0 Å². The van der Waals surface area contributed by atoms with E-state index in [-0.39, 0.29) is 11.5 Å². The molecule has 74 valence electrons. The SMILES string of the molecule is CC(C)CC(C)C(O)C(C)(C)C. The molecule has 1 heteroatoms. The monoisotopic (exact) mass is 172 g/mol. The second-order valence-electron chi connectivity index (χ2n) is 5.42. The van der Waals surface area contributed by atoms with Crippen LogP contribution in [0, 0.1) is 17.3 Å². The van der Waals surface area contributed by atoms with Gasteiger partial charge >= 0.3 is 0 Å². The van der Waals surface area contributed by atoms with Crippen LogP contribution in [0.5, 0.6) is 0 Å². The molecule has 0 saturated carbocycles. The van der Waals surface area contributed by atoms with Crippen molar-refractivity contribution in [3.63, 3.8) is 0 Å². The van der Waals surface area contributed by atoms with Crippen LogP contribution < -0.4 is 0 Å². The highest BCUT2D eigenvalue weighted by molar-refractivity contribution is 4.77. The Labute approximate surface area is 77.2 Å². The minimum Gasteiger partial charge on any atom is -0.392 e. The predicted octanol–water partition coefficient (Wildman–Crippen LogP) is 3.08. The largest absolute Gasteiger partial charge is 0.392 e. The Hall–Kier alpha value is -0.0400. The minimum absolute atomic E-state index is 0.0221. The standard InChI is InChI=1S/C11H24O/c1-8(2)7-9(3)10(12)11(4,5)6/h8-10,12H,7H2,1-6H3. The summed E-state index contributed by atoms with van der Waals surface area (Å²) >= 11 is 0. The molecule has 2 unspecified atom stereocenters. The van der Waals surface area contributed by atoms with Gasteiger partial charge in [-0.3, -0.25) is 0 Å². The summed E-state index contributed by atoms with van der Waals surface area (Å²) in [5.74, 6) is 1.09. The fraction of sp³-hybridized carbons (Fsp3) is 1.00. The minimum atomic E-state index is -0.181. The predicted molar refractivity (Wildman–Crippen MR) is 54.1 cm³/mol. The molecule has 1 N–H and O–H groups in total. The Kier molecular flexibility index (Phi) is 4.25. The molecule has 0 fully saturated rings. The lowest BCUT2D eigenvalue weighted by Crippen LogP contribution is -2.32. The van der Waals surface area contributed by atoms with Gasteiger partial charge in [0.05, 0.1) is 6.10 Å². The topological polar surface area (TPSA) is 20.2 Å². The lowest BCUT2D eigenvalue weighted by atomic mass is 9.79. The summed E-state index contributed by atoms with van der Waals surface area (Å²) in [6, 6.07) is 0. The molecule has 0 bridgehead atoms. The lowest BCUT2D eigenvalue weighted by Gasteiger charge is -2.31. The molecule has 0 heterocycles. The van der Waals surface area contributed by atoms with Crippen molar-refractivity contribution >= 4 is 0 Å². The van der Waals surface area contributed by atoms with Crippen molar-refractivity contribution in [2.75, 3.05) is 0 Å². The maximum atomic E-state index is 9.90. The molecule has 0 saturated heterocycles. The summed E-state index contributed by atoms with van der Waals surface area (Å²) in [6.45, 7) is 12.8. The Morgan fingerprint density at radius 2 is 1.50 bits per heavy atom. The molecule has 12 heavy (non-hydrogen) atoms. The molecule has 0 aliphatic heterocycles. The third-order valence-electron chi connectivity index (χ3n) is 2.27. The molecule has 0 aliphatic rings. The lowest BCUT2D eigenvalue weighted by molar-refractivity contribution is 0.0111. The summed E-state index contributed by atoms with van der Waals surface area (Å²) in [5.41, 5.74) is 0.0221. The first-order valence-electron chi connectivity index (χ1n) is 4.93. The van der Waals surface area contributed by atoms with E-state index >= 15 is 0 Å². The fourth-order valence-corrected chi connectivity index (χ4v) is 1.73. The first kappa shape index (κ1) is 12.0. The molecule has 0 aromatic heterocycles. The fourth-order valence-electron chi connectivity index (χ4n) is 1.73. The van der Waals surface area contributed by atoms with Gasteiger partial charge < -0.3 is 5.11 Å². The summed E-state index contributed by atoms with van der Waals surface area (Å²) in [5, 5.41) is 9.90. The summed E-state index contributed by atoms with van der Waals surface area (Å²) in [4.78, 5) is 0. The van der Waals surface area contributed by atoms with Crippen molar-refractivity contribution in [1.29, 1.82) is 0 Å². The molecule has 2 atom stereocenters. The van der Waals surface area contributed by atoms with Gasteiger partial charge in [0.1, 0.15) is 0 Å². The van der Waals surface area contributed by atoms with Crippen molar-refractivity contribution in [2.45, 2.75) is 54.1 Å². The van der Waals surface area contributed by atoms with E-state index in [0.717, 1.165) is 6.42 Å². The van der Waals surface area contributed by atoms with Gasteiger partial charge in [0.25, 0.3) is 0 Å². The van der Waals surface area contributed by atoms with Crippen LogP contribution in [-0.4, -0.2) is 11.2 Å². The van der Waals surface area contributed by atoms with Gasteiger partial charge in [-0.05, 0) is 23.7 Å². The van der Waals surface area contributed by atoms with Gasteiger partial charge in [0.15, 0.2) is 0 Å². The number of hydrogen-bond acceptors (Lipinski definition) is 1. The van der Waals surface area contributed by atoms with Gasteiger partial charge in [-0.2, -0.15) is 0 Å². The first-order chi connectivity index (χ1) is 5.25. The highest BCUT2D eigenvalue weighted by atomic mass is 16.3. The third-order valence-corrected chi connectivity index (χ3v) is 2.27. The Bertz CT molecular complexity index is 121. The van der Waals surface area contributed by atoms with Crippen molar-refractivity contribution in [1.82, 2.24) is 0 Å². The summed E-state index contributed by atoms with van der Waals surface area (Å²) in [7, 11) is 0. The normalized spacial score (nSPS) is 18.0. The summed E-state index contributed by atoms with van der Waals surface area (Å²) < 4.78 is 0. The second-order valence-corrected chi connectivity index (χ2v) is 5.42. The van der Waals surface area contributed by atoms with E-state index in [1.165, 1.54) is 0 Å². The van der Waals surface area contributed by atoms with E-state index < -0.39 is 0 Å². The van der Waals surface area contributed by atoms with Crippen LogP contribution in [0.1, 0.15) is 48.0 Å². The maximum absolute atomic E-state index is 9.90. The average Bonchev–Trinajstić information content (AvgIpc) is 1.82. The quantitative estimate of drug-likeness (QED) is 0.693. The van der Waals surface area contributed by atoms with Crippen LogP contribution in [0.4, 0.5) is 0 Å². The highest BCUT2D eigenvalue weighted by Crippen LogP contribution is 2.28. The van der Waals surface area contributed by atoms with Crippen molar-refractivity contribution in [2.24, 2.45) is 17.3 Å². The number of aliphatic hydroxyl groups excluding tert-OH is 1. The van der Waals surface area contributed by atoms with Crippen LogP contribution in [0.2, 0.25) is 0 Å². The first-order valence-corrected chi connectivity index (χ1v) is 4.93. The van der Waals surface area contributed by atoms with Crippen molar-refractivity contribution in [3.8, 4) is 0 Å². The zero-order valence-corrected chi connectivity index (χ0v) is 9.39. The maximum Gasteiger partial charge on any atom is 0.0614 e. The van der Waals surface area contributed by atoms with E-state index in [1.807, 2.05) is 0 Å². The van der Waals surface area contributed by atoms with E-state index in [9.17, 15) is 5.11 Å². The van der Waals surface area contributed by atoms with Crippen LogP contribution in [0.3, 0.4) is 0 Å². The molecule has 0 radical (unpaired) electrons. The van der Waals surface area contributed by atoms with E-state index in [2.05, 4.69) is 41.5 Å². The van der Waals surface area contributed by atoms with E-state index in [4.69, 9.17) is 0 Å². The van der Waals surface area contributed by atoms with Crippen molar-refractivity contribution in [3.05, 3.63) is 0 Å². The van der Waals surface area contributed by atoms with Crippen LogP contribution in [-0.2, 0) is 0 Å². The van der Waals surface area contributed by atoms with Gasteiger partial charge in [-0.25, -0.2) is 0 Å². The number of aliphatic hydroxyl groups is 1. The molecular formula is C11H24O. The van der Waals surface area contributed by atoms with E-state index in [0.29, 0.717) is 11.8 Å². The molecule has 0 aromatic rings. The Balaban J connectivity index is 4.01. The zero-order valence-electron chi connectivity index (χ0n) is 9.39. The summed E-state index contributed by atoms with van der Waals surface area (Å²) in [6.07, 6.45) is 0.929. The van der Waals surface area contributed by atoms with Gasteiger partial charge in [-0.1, -0.05) is 41.5 Å². The Morgan fingerprint density at radius 3 is 1.75 bits per heavy atom. The molecule has 0 spiro atoms. The third kappa shape index (κ3) is 4.10. The van der Waals surface area contributed by atoms with Gasteiger partial charge in [-0.15, -0.1) is 0 Å². The number of rotatable bonds is 3. The molecule has 0 aromatic carbocycles. The molecule has 0 aliphatic carbocycles. The average molecular weight is 172 g/mol. The molecule has 0 amide bonds. The molecular weight excluding hydrogens is 148 g/mol. The Morgan fingerprint density at radius 1 is 1.08 bits per heavy atom. The van der Waals surface area contributed by atoms with Gasteiger partial charge in [0.2, 0.25) is 0 Å². The molecule has 1 nitrogen and oxygen atoms in total.